The molecular formula is C15H20N2O3. The van der Waals surface area contributed by atoms with Gasteiger partial charge in [0.2, 0.25) is 5.91 Å². The molecular weight excluding hydrogens is 256 g/mol. The number of benzene rings is 1. The predicted octanol–water partition coefficient (Wildman–Crippen LogP) is 1.52. The first-order chi connectivity index (χ1) is 9.47. The van der Waals surface area contributed by atoms with Crippen molar-refractivity contribution < 1.29 is 14.7 Å². The molecule has 20 heavy (non-hydrogen) atoms. The molecule has 1 fully saturated rings. The Labute approximate surface area is 118 Å². The van der Waals surface area contributed by atoms with Crippen molar-refractivity contribution in [3.63, 3.8) is 0 Å². The van der Waals surface area contributed by atoms with Gasteiger partial charge in [-0.05, 0) is 30.5 Å². The zero-order chi connectivity index (χ0) is 14.8. The van der Waals surface area contributed by atoms with Gasteiger partial charge < -0.3 is 15.7 Å². The maximum atomic E-state index is 12.2. The van der Waals surface area contributed by atoms with Gasteiger partial charge in [-0.25, -0.2) is 0 Å². The molecule has 1 saturated heterocycles. The van der Waals surface area contributed by atoms with Gasteiger partial charge in [-0.3, -0.25) is 9.59 Å². The first-order valence-corrected chi connectivity index (χ1v) is 6.82. The van der Waals surface area contributed by atoms with Crippen LogP contribution in [0.1, 0.15) is 25.3 Å². The van der Waals surface area contributed by atoms with E-state index in [9.17, 15) is 14.7 Å². The topological polar surface area (TPSA) is 83.6 Å². The molecule has 1 atom stereocenters. The van der Waals surface area contributed by atoms with E-state index in [-0.39, 0.29) is 12.3 Å². The highest BCUT2D eigenvalue weighted by atomic mass is 16.4. The second-order valence-corrected chi connectivity index (χ2v) is 5.43. The molecule has 3 N–H and O–H groups in total. The fourth-order valence-electron chi connectivity index (χ4n) is 2.69. The molecule has 1 aromatic carbocycles. The highest BCUT2D eigenvalue weighted by Crippen LogP contribution is 2.34. The fourth-order valence-corrected chi connectivity index (χ4v) is 2.69. The van der Waals surface area contributed by atoms with Crippen LogP contribution < -0.4 is 5.73 Å². The van der Waals surface area contributed by atoms with Gasteiger partial charge in [-0.2, -0.15) is 0 Å². The van der Waals surface area contributed by atoms with Crippen LogP contribution in [0.25, 0.3) is 0 Å². The number of rotatable bonds is 4. The Morgan fingerprint density at radius 2 is 2.20 bits per heavy atom. The summed E-state index contributed by atoms with van der Waals surface area (Å²) in [6.07, 6.45) is 1.34. The second kappa shape index (κ2) is 5.53. The van der Waals surface area contributed by atoms with Crippen molar-refractivity contribution in [3.8, 4) is 0 Å². The van der Waals surface area contributed by atoms with Crippen LogP contribution in [-0.2, 0) is 16.0 Å². The van der Waals surface area contributed by atoms with Gasteiger partial charge in [0.05, 0.1) is 11.8 Å². The van der Waals surface area contributed by atoms with Crippen LogP contribution in [0.5, 0.6) is 0 Å². The fraction of sp³-hybridized carbons (Fsp3) is 0.467. The molecule has 108 valence electrons. The molecule has 0 aliphatic carbocycles. The summed E-state index contributed by atoms with van der Waals surface area (Å²) in [4.78, 5) is 25.3. The lowest BCUT2D eigenvalue weighted by atomic mass is 9.84. The van der Waals surface area contributed by atoms with E-state index in [0.717, 1.165) is 5.56 Å². The third-order valence-electron chi connectivity index (χ3n) is 4.14. The minimum Gasteiger partial charge on any atom is -0.481 e. The minimum atomic E-state index is -0.806. The van der Waals surface area contributed by atoms with Crippen LogP contribution in [0.15, 0.2) is 24.3 Å². The van der Waals surface area contributed by atoms with E-state index in [0.29, 0.717) is 31.6 Å². The molecule has 1 heterocycles. The van der Waals surface area contributed by atoms with Crippen LogP contribution >= 0.6 is 0 Å². The molecule has 0 bridgehead atoms. The summed E-state index contributed by atoms with van der Waals surface area (Å²) in [5.74, 6) is -0.841. The van der Waals surface area contributed by atoms with Gasteiger partial charge in [-0.1, -0.05) is 19.1 Å². The lowest BCUT2D eigenvalue weighted by Gasteiger charge is -2.23. The monoisotopic (exact) mass is 276 g/mol. The Morgan fingerprint density at radius 3 is 2.75 bits per heavy atom. The second-order valence-electron chi connectivity index (χ2n) is 5.43. The molecule has 0 saturated carbocycles. The maximum absolute atomic E-state index is 12.2. The average Bonchev–Trinajstić information content (AvgIpc) is 2.84. The van der Waals surface area contributed by atoms with Crippen LogP contribution in [-0.4, -0.2) is 35.0 Å². The van der Waals surface area contributed by atoms with Crippen molar-refractivity contribution in [2.45, 2.75) is 26.2 Å². The number of carboxylic acid groups (broad SMARTS) is 1. The van der Waals surface area contributed by atoms with Crippen LogP contribution in [0.3, 0.4) is 0 Å². The van der Waals surface area contributed by atoms with E-state index in [1.54, 1.807) is 17.0 Å². The van der Waals surface area contributed by atoms with Crippen molar-refractivity contribution >= 4 is 17.6 Å². The zero-order valence-corrected chi connectivity index (χ0v) is 11.6. The zero-order valence-electron chi connectivity index (χ0n) is 11.6. The summed E-state index contributed by atoms with van der Waals surface area (Å²) in [5, 5.41) is 9.33. The Hall–Kier alpha value is -2.04. The average molecular weight is 276 g/mol. The predicted molar refractivity (Wildman–Crippen MR) is 76.1 cm³/mol. The van der Waals surface area contributed by atoms with Crippen LogP contribution in [0.2, 0.25) is 0 Å². The molecule has 0 aromatic heterocycles. The molecule has 1 unspecified atom stereocenters. The number of carbonyl (C=O) groups excluding carboxylic acids is 1. The van der Waals surface area contributed by atoms with Crippen molar-refractivity contribution in [1.29, 1.82) is 0 Å². The number of hydrogen-bond acceptors (Lipinski definition) is 3. The number of aliphatic carboxylic acids is 1. The van der Waals surface area contributed by atoms with Crippen molar-refractivity contribution in [3.05, 3.63) is 29.8 Å². The van der Waals surface area contributed by atoms with Gasteiger partial charge in [0.1, 0.15) is 0 Å². The number of nitrogen functional groups attached to an aromatic ring is 1. The molecule has 2 rings (SSSR count). The van der Waals surface area contributed by atoms with Gasteiger partial charge in [0.25, 0.3) is 0 Å². The first kappa shape index (κ1) is 14.4. The lowest BCUT2D eigenvalue weighted by molar-refractivity contribution is -0.148. The van der Waals surface area contributed by atoms with E-state index in [1.807, 2.05) is 19.1 Å². The number of carboxylic acids is 1. The molecule has 0 radical (unpaired) electrons. The van der Waals surface area contributed by atoms with Crippen molar-refractivity contribution in [1.82, 2.24) is 4.90 Å². The van der Waals surface area contributed by atoms with Crippen molar-refractivity contribution in [2.24, 2.45) is 5.41 Å². The Balaban J connectivity index is 2.03. The summed E-state index contributed by atoms with van der Waals surface area (Å²) in [6.45, 7) is 2.68. The van der Waals surface area contributed by atoms with E-state index in [4.69, 9.17) is 5.73 Å². The molecule has 1 aliphatic rings. The molecule has 5 heteroatoms. The highest BCUT2D eigenvalue weighted by molar-refractivity contribution is 5.82. The largest absolute Gasteiger partial charge is 0.481 e. The summed E-state index contributed by atoms with van der Waals surface area (Å²) in [7, 11) is 0. The van der Waals surface area contributed by atoms with Crippen LogP contribution in [0.4, 0.5) is 5.69 Å². The number of amides is 1. The van der Waals surface area contributed by atoms with E-state index >= 15 is 0 Å². The number of nitrogens with zero attached hydrogens (tertiary/aromatic N) is 1. The summed E-state index contributed by atoms with van der Waals surface area (Å²) < 4.78 is 0. The number of nitrogens with two attached hydrogens (primary N) is 1. The lowest BCUT2D eigenvalue weighted by Crippen LogP contribution is -2.37. The molecule has 5 nitrogen and oxygen atoms in total. The quantitative estimate of drug-likeness (QED) is 0.817. The van der Waals surface area contributed by atoms with Gasteiger partial charge in [-0.15, -0.1) is 0 Å². The Morgan fingerprint density at radius 1 is 1.45 bits per heavy atom. The first-order valence-electron chi connectivity index (χ1n) is 6.82. The third-order valence-corrected chi connectivity index (χ3v) is 4.14. The smallest absolute Gasteiger partial charge is 0.311 e. The summed E-state index contributed by atoms with van der Waals surface area (Å²) >= 11 is 0. The van der Waals surface area contributed by atoms with Gasteiger partial charge in [0.15, 0.2) is 0 Å². The molecule has 1 aromatic rings. The van der Waals surface area contributed by atoms with Crippen LogP contribution in [0, 0.1) is 5.41 Å². The van der Waals surface area contributed by atoms with E-state index in [2.05, 4.69) is 0 Å². The number of carbonyl (C=O) groups is 2. The van der Waals surface area contributed by atoms with Crippen molar-refractivity contribution in [2.75, 3.05) is 18.8 Å². The summed E-state index contributed by atoms with van der Waals surface area (Å²) in [5.41, 5.74) is 6.41. The molecule has 1 amide bonds. The van der Waals surface area contributed by atoms with Gasteiger partial charge >= 0.3 is 5.97 Å². The Kier molecular flexibility index (Phi) is 3.97. The highest BCUT2D eigenvalue weighted by Gasteiger charge is 2.44. The van der Waals surface area contributed by atoms with Gasteiger partial charge in [0, 0.05) is 18.8 Å². The van der Waals surface area contributed by atoms with E-state index < -0.39 is 11.4 Å². The SMILES string of the molecule is CCC1(C(=O)O)CCN(C(=O)Cc2cccc(N)c2)C1. The standard InChI is InChI=1S/C15H20N2O3/c1-2-15(14(19)20)6-7-17(10-15)13(18)9-11-4-3-5-12(16)8-11/h3-5,8H,2,6-7,9-10,16H2,1H3,(H,19,20). The number of hydrogen-bond donors (Lipinski definition) is 2. The molecule has 0 spiro atoms. The summed E-state index contributed by atoms with van der Waals surface area (Å²) in [6, 6.07) is 7.22. The number of likely N-dealkylation sites (tertiary alicyclic amines) is 1. The maximum Gasteiger partial charge on any atom is 0.311 e. The Bertz CT molecular complexity index is 530. The minimum absolute atomic E-state index is 0.0350. The molecule has 1 aliphatic heterocycles. The number of anilines is 1. The third kappa shape index (κ3) is 2.76. The van der Waals surface area contributed by atoms with E-state index in [1.165, 1.54) is 0 Å². The normalized spacial score (nSPS) is 21.9.